The zero-order valence-corrected chi connectivity index (χ0v) is 22.6. The van der Waals surface area contributed by atoms with Gasteiger partial charge < -0.3 is 35.5 Å². The van der Waals surface area contributed by atoms with E-state index in [1.54, 1.807) is 0 Å². The number of thiol groups is 1. The lowest BCUT2D eigenvalue weighted by Gasteiger charge is -2.25. The highest BCUT2D eigenvalue weighted by Crippen LogP contribution is 2.57. The summed E-state index contributed by atoms with van der Waals surface area (Å²) in [6.45, 7) is -5.83. The van der Waals surface area contributed by atoms with Crippen LogP contribution in [0.3, 0.4) is 0 Å². The fraction of sp³-hybridized carbons (Fsp3) is 0.400. The Labute approximate surface area is 236 Å². The van der Waals surface area contributed by atoms with E-state index >= 15 is 0 Å². The first-order valence-corrected chi connectivity index (χ1v) is 14.7. The molecule has 0 saturated carbocycles. The average Bonchev–Trinajstić information content (AvgIpc) is 3.69. The molecule has 0 radical (unpaired) electrons. The molecule has 224 valence electrons. The first-order valence-electron chi connectivity index (χ1n) is 12.0. The van der Waals surface area contributed by atoms with Crippen molar-refractivity contribution >= 4 is 53.2 Å². The molecule has 42 heavy (non-hydrogen) atoms. The molecule has 6 heterocycles. The highest BCUT2D eigenvalue weighted by Gasteiger charge is 2.49. The molecule has 19 nitrogen and oxygen atoms in total. The summed E-state index contributed by atoms with van der Waals surface area (Å²) in [5.74, 6) is -1.90. The lowest BCUT2D eigenvalue weighted by Crippen LogP contribution is -2.35. The molecule has 2 aliphatic rings. The monoisotopic (exact) mass is 629 g/mol. The first-order chi connectivity index (χ1) is 20.0. The molecular weight excluding hydrogens is 608 g/mol. The maximum atomic E-state index is 14.9. The molecule has 7 atom stereocenters. The highest BCUT2D eigenvalue weighted by molar-refractivity contribution is 8.44. The lowest BCUT2D eigenvalue weighted by molar-refractivity contribution is -0.0498. The molecule has 4 aromatic heterocycles. The Balaban J connectivity index is 1.19. The number of anilines is 1. The van der Waals surface area contributed by atoms with E-state index in [0.717, 1.165) is 23.5 Å². The van der Waals surface area contributed by atoms with Gasteiger partial charge in [0.05, 0.1) is 25.9 Å². The van der Waals surface area contributed by atoms with E-state index in [9.17, 15) is 33.9 Å². The fourth-order valence-electron chi connectivity index (χ4n) is 4.53. The zero-order valence-electron chi connectivity index (χ0n) is 20.8. The Morgan fingerprint density at radius 2 is 1.88 bits per heavy atom. The minimum absolute atomic E-state index is 0.0502. The fourth-order valence-corrected chi connectivity index (χ4v) is 5.99. The standard InChI is InChI=1S/C20H21FN9O10PS/c21-8-11(32)7(39-18(8)29-4-25-9-14(29)23-3-24-16(9)34)2-37-41(36,42)40-13-12(33)6(1-31)38-19(13)30-5-26-10-15(30)27-20(22)28-17(10)35/h3-7,11-13,19,31-33H,1-2H2,(H,36,42)(H,23,24,34)(H3,22,27,28,35)/t6-,7-,11-,12-,13-,19-,41-/m1/s1. The Bertz CT molecular complexity index is 1880. The molecular formula is C20H21FN9O10PS. The third-order valence-corrected chi connectivity index (χ3v) is 8.13. The number of fused-ring (bicyclic) bond motifs is 2. The topological polar surface area (TPSA) is 268 Å². The molecule has 0 bridgehead atoms. The second kappa shape index (κ2) is 10.5. The minimum Gasteiger partial charge on any atom is -0.468 e. The van der Waals surface area contributed by atoms with Crippen molar-refractivity contribution in [3.05, 3.63) is 45.5 Å². The molecule has 0 spiro atoms. The lowest BCUT2D eigenvalue weighted by atomic mass is 10.1. The van der Waals surface area contributed by atoms with Gasteiger partial charge in [-0.3, -0.25) is 32.8 Å². The number of H-pyrrole nitrogens is 2. The van der Waals surface area contributed by atoms with Gasteiger partial charge >= 0.3 is 6.80 Å². The number of nitrogen functional groups attached to an aromatic ring is 1. The maximum Gasteiger partial charge on any atom is 0.386 e. The number of aliphatic hydroxyl groups is 3. The van der Waals surface area contributed by atoms with Gasteiger partial charge in [-0.25, -0.2) is 23.9 Å². The SMILES string of the molecule is Nc1nc2c(ncn2[C@@H]2O[C@H](CO)[C@@H](O)[C@H]2O[P@](=O)(S)OC[C@H]2OC(n3cnc4c(=O)[nH]cnc43)=C(F)[C@@H]2O)c(=O)[nH]1. The van der Waals surface area contributed by atoms with Gasteiger partial charge in [0.1, 0.15) is 30.7 Å². The van der Waals surface area contributed by atoms with Gasteiger partial charge in [-0.15, -0.1) is 0 Å². The molecule has 2 aliphatic heterocycles. The quantitative estimate of drug-likeness (QED) is 0.0853. The van der Waals surface area contributed by atoms with Crippen molar-refractivity contribution in [2.45, 2.75) is 36.7 Å². The van der Waals surface area contributed by atoms with Crippen LogP contribution in [0.4, 0.5) is 10.3 Å². The van der Waals surface area contributed by atoms with E-state index in [1.807, 2.05) is 0 Å². The van der Waals surface area contributed by atoms with Crippen molar-refractivity contribution in [1.82, 2.24) is 39.0 Å². The molecule has 0 aromatic carbocycles. The first kappa shape index (κ1) is 28.4. The smallest absolute Gasteiger partial charge is 0.386 e. The predicted octanol–water partition coefficient (Wildman–Crippen LogP) is -1.62. The summed E-state index contributed by atoms with van der Waals surface area (Å²) >= 11 is 3.93. The van der Waals surface area contributed by atoms with Crippen molar-refractivity contribution in [3.8, 4) is 0 Å². The summed E-state index contributed by atoms with van der Waals surface area (Å²) in [6, 6.07) is 0. The van der Waals surface area contributed by atoms with Crippen LogP contribution in [0.5, 0.6) is 0 Å². The van der Waals surface area contributed by atoms with Gasteiger partial charge in [-0.2, -0.15) is 4.98 Å². The molecule has 4 aromatic rings. The second-order valence-corrected chi connectivity index (χ2v) is 12.0. The zero-order chi connectivity index (χ0) is 29.9. The van der Waals surface area contributed by atoms with E-state index < -0.39 is 79.6 Å². The van der Waals surface area contributed by atoms with Crippen LogP contribution >= 0.6 is 19.0 Å². The Morgan fingerprint density at radius 3 is 2.64 bits per heavy atom. The molecule has 0 unspecified atom stereocenters. The molecule has 1 fully saturated rings. The number of ether oxygens (including phenoxy) is 2. The number of hydrogen-bond donors (Lipinski definition) is 7. The summed E-state index contributed by atoms with van der Waals surface area (Å²) < 4.78 is 52.2. The van der Waals surface area contributed by atoms with Gasteiger partial charge in [-0.1, -0.05) is 12.2 Å². The Morgan fingerprint density at radius 1 is 1.14 bits per heavy atom. The van der Waals surface area contributed by atoms with Gasteiger partial charge in [0.2, 0.25) is 11.8 Å². The van der Waals surface area contributed by atoms with Crippen LogP contribution < -0.4 is 16.9 Å². The number of imidazole rings is 2. The molecule has 22 heteroatoms. The Kier molecular flexibility index (Phi) is 7.14. The highest BCUT2D eigenvalue weighted by atomic mass is 32.7. The van der Waals surface area contributed by atoms with E-state index in [2.05, 4.69) is 42.2 Å². The van der Waals surface area contributed by atoms with Crippen molar-refractivity contribution in [2.75, 3.05) is 18.9 Å². The van der Waals surface area contributed by atoms with Crippen LogP contribution in [0.1, 0.15) is 6.23 Å². The predicted molar refractivity (Wildman–Crippen MR) is 140 cm³/mol. The summed E-state index contributed by atoms with van der Waals surface area (Å²) in [4.78, 5) is 44.5. The third kappa shape index (κ3) is 4.78. The number of rotatable bonds is 8. The largest absolute Gasteiger partial charge is 0.468 e. The molecule has 0 aliphatic carbocycles. The summed E-state index contributed by atoms with van der Waals surface area (Å²) in [7, 11) is 0. The second-order valence-electron chi connectivity index (χ2n) is 9.12. The van der Waals surface area contributed by atoms with Crippen LogP contribution in [-0.2, 0) is 23.1 Å². The summed E-state index contributed by atoms with van der Waals surface area (Å²) in [6.07, 6.45) is -5.71. The van der Waals surface area contributed by atoms with Gasteiger partial charge in [0.25, 0.3) is 11.1 Å². The van der Waals surface area contributed by atoms with Gasteiger partial charge in [0.15, 0.2) is 40.5 Å². The number of hydrogen-bond acceptors (Lipinski definition) is 15. The third-order valence-electron chi connectivity index (χ3n) is 6.51. The number of nitrogens with zero attached hydrogens (tertiary/aromatic N) is 6. The van der Waals surface area contributed by atoms with Crippen LogP contribution in [0, 0.1) is 0 Å². The van der Waals surface area contributed by atoms with Crippen LogP contribution in [0.25, 0.3) is 28.2 Å². The number of nitrogens with two attached hydrogens (primary N) is 1. The normalized spacial score (nSPS) is 27.6. The number of aromatic nitrogens is 8. The Hall–Kier alpha value is -3.69. The molecule has 7 N–H and O–H groups in total. The maximum absolute atomic E-state index is 14.9. The van der Waals surface area contributed by atoms with Crippen LogP contribution in [0.15, 0.2) is 34.4 Å². The summed E-state index contributed by atoms with van der Waals surface area (Å²) in [5.41, 5.74) is 4.05. The average molecular weight is 629 g/mol. The van der Waals surface area contributed by atoms with Crippen molar-refractivity contribution in [3.63, 3.8) is 0 Å². The van der Waals surface area contributed by atoms with Gasteiger partial charge in [0, 0.05) is 0 Å². The van der Waals surface area contributed by atoms with E-state index in [4.69, 9.17) is 24.3 Å². The van der Waals surface area contributed by atoms with Crippen molar-refractivity contribution < 1.29 is 42.8 Å². The van der Waals surface area contributed by atoms with Crippen molar-refractivity contribution in [2.24, 2.45) is 0 Å². The number of halogens is 1. The molecule has 1 saturated heterocycles. The number of nitrogens with one attached hydrogen (secondary N) is 2. The molecule has 6 rings (SSSR count). The minimum atomic E-state index is -4.44. The molecule has 0 amide bonds. The van der Waals surface area contributed by atoms with Crippen LogP contribution in [-0.4, -0.2) is 98.1 Å². The number of aliphatic hydroxyl groups excluding tert-OH is 3. The summed E-state index contributed by atoms with van der Waals surface area (Å²) in [5, 5.41) is 30.8. The van der Waals surface area contributed by atoms with E-state index in [0.29, 0.717) is 0 Å². The van der Waals surface area contributed by atoms with E-state index in [1.165, 1.54) is 4.57 Å². The number of aromatic amines is 2. The van der Waals surface area contributed by atoms with E-state index in [-0.39, 0.29) is 28.3 Å². The van der Waals surface area contributed by atoms with Gasteiger partial charge in [-0.05, 0) is 0 Å². The van der Waals surface area contributed by atoms with Crippen molar-refractivity contribution in [1.29, 1.82) is 0 Å². The van der Waals surface area contributed by atoms with Crippen LogP contribution in [0.2, 0.25) is 0 Å².